The SMILES string of the molecule is CCCCC/C=C\C/C=C\C/C=C\CCCCC(=O)OC[C@H](COC(=O)CCCCCCC/C=C\CCCCCC)OC(=O)CCCCCCCCCCCCCCCCC. The van der Waals surface area contributed by atoms with Crippen molar-refractivity contribution in [3.8, 4) is 0 Å². The highest BCUT2D eigenvalue weighted by atomic mass is 16.6. The molecule has 0 aromatic heterocycles. The Morgan fingerprint density at radius 1 is 0.328 bits per heavy atom. The lowest BCUT2D eigenvalue weighted by Crippen LogP contribution is -2.30. The first-order valence-electron chi connectivity index (χ1n) is 26.1. The van der Waals surface area contributed by atoms with Crippen LogP contribution in [0.3, 0.4) is 0 Å². The van der Waals surface area contributed by atoms with Crippen LogP contribution in [0.25, 0.3) is 0 Å². The molecule has 0 radical (unpaired) electrons. The van der Waals surface area contributed by atoms with Gasteiger partial charge in [0.15, 0.2) is 6.10 Å². The summed E-state index contributed by atoms with van der Waals surface area (Å²) in [4.78, 5) is 37.9. The fourth-order valence-electron chi connectivity index (χ4n) is 7.33. The summed E-state index contributed by atoms with van der Waals surface area (Å²) in [6, 6.07) is 0. The summed E-state index contributed by atoms with van der Waals surface area (Å²) < 4.78 is 16.8. The summed E-state index contributed by atoms with van der Waals surface area (Å²) in [7, 11) is 0. The molecule has 0 aliphatic heterocycles. The van der Waals surface area contributed by atoms with E-state index in [4.69, 9.17) is 14.2 Å². The smallest absolute Gasteiger partial charge is 0.306 e. The molecular weight excluding hydrogens is 757 g/mol. The van der Waals surface area contributed by atoms with Crippen molar-refractivity contribution in [1.29, 1.82) is 0 Å². The van der Waals surface area contributed by atoms with Crippen LogP contribution in [0.4, 0.5) is 0 Å². The Labute approximate surface area is 378 Å². The summed E-state index contributed by atoms with van der Waals surface area (Å²) in [5, 5.41) is 0. The molecule has 6 nitrogen and oxygen atoms in total. The number of ether oxygens (including phenoxy) is 3. The molecule has 0 rings (SSSR count). The lowest BCUT2D eigenvalue weighted by Gasteiger charge is -2.18. The molecule has 0 heterocycles. The summed E-state index contributed by atoms with van der Waals surface area (Å²) in [5.41, 5.74) is 0. The number of allylic oxidation sites excluding steroid dienone is 8. The van der Waals surface area contributed by atoms with E-state index in [-0.39, 0.29) is 31.1 Å². The number of hydrogen-bond donors (Lipinski definition) is 0. The maximum absolute atomic E-state index is 12.8. The monoisotopic (exact) mass is 855 g/mol. The van der Waals surface area contributed by atoms with Crippen molar-refractivity contribution in [1.82, 2.24) is 0 Å². The first-order chi connectivity index (χ1) is 30.0. The second-order valence-electron chi connectivity index (χ2n) is 17.4. The summed E-state index contributed by atoms with van der Waals surface area (Å²) >= 11 is 0. The predicted octanol–water partition coefficient (Wildman–Crippen LogP) is 17.1. The van der Waals surface area contributed by atoms with Gasteiger partial charge < -0.3 is 14.2 Å². The van der Waals surface area contributed by atoms with Gasteiger partial charge in [0.2, 0.25) is 0 Å². The summed E-state index contributed by atoms with van der Waals surface area (Å²) in [5.74, 6) is -0.926. The van der Waals surface area contributed by atoms with Crippen molar-refractivity contribution in [2.45, 2.75) is 271 Å². The molecule has 0 spiro atoms. The van der Waals surface area contributed by atoms with E-state index in [9.17, 15) is 14.4 Å². The topological polar surface area (TPSA) is 78.9 Å². The van der Waals surface area contributed by atoms with Crippen LogP contribution in [-0.2, 0) is 28.6 Å². The van der Waals surface area contributed by atoms with Crippen LogP contribution in [-0.4, -0.2) is 37.2 Å². The van der Waals surface area contributed by atoms with Crippen LogP contribution >= 0.6 is 0 Å². The second kappa shape index (κ2) is 50.0. The zero-order valence-electron chi connectivity index (χ0n) is 40.4. The van der Waals surface area contributed by atoms with Gasteiger partial charge >= 0.3 is 17.9 Å². The number of rotatable bonds is 47. The van der Waals surface area contributed by atoms with Gasteiger partial charge in [0.1, 0.15) is 13.2 Å². The van der Waals surface area contributed by atoms with Gasteiger partial charge in [0.05, 0.1) is 0 Å². The zero-order chi connectivity index (χ0) is 44.4. The van der Waals surface area contributed by atoms with Gasteiger partial charge in [-0.25, -0.2) is 0 Å². The first kappa shape index (κ1) is 58.4. The van der Waals surface area contributed by atoms with Gasteiger partial charge in [-0.3, -0.25) is 14.4 Å². The Morgan fingerprint density at radius 3 is 1.02 bits per heavy atom. The lowest BCUT2D eigenvalue weighted by atomic mass is 10.0. The molecule has 0 amide bonds. The highest BCUT2D eigenvalue weighted by Gasteiger charge is 2.19. The van der Waals surface area contributed by atoms with Crippen molar-refractivity contribution >= 4 is 17.9 Å². The minimum absolute atomic E-state index is 0.0873. The van der Waals surface area contributed by atoms with Crippen LogP contribution in [0, 0.1) is 0 Å². The van der Waals surface area contributed by atoms with Crippen molar-refractivity contribution in [3.05, 3.63) is 48.6 Å². The van der Waals surface area contributed by atoms with Crippen molar-refractivity contribution in [3.63, 3.8) is 0 Å². The molecule has 6 heteroatoms. The Hall–Kier alpha value is -2.63. The Kier molecular flexibility index (Phi) is 47.9. The second-order valence-corrected chi connectivity index (χ2v) is 17.4. The zero-order valence-corrected chi connectivity index (χ0v) is 40.4. The Morgan fingerprint density at radius 2 is 0.590 bits per heavy atom. The van der Waals surface area contributed by atoms with E-state index >= 15 is 0 Å². The fourth-order valence-corrected chi connectivity index (χ4v) is 7.33. The Balaban J connectivity index is 4.43. The molecule has 61 heavy (non-hydrogen) atoms. The van der Waals surface area contributed by atoms with E-state index in [1.807, 2.05) is 0 Å². The molecule has 0 aliphatic carbocycles. The third-order valence-corrected chi connectivity index (χ3v) is 11.3. The fraction of sp³-hybridized carbons (Fsp3) is 0.800. The standard InChI is InChI=1S/C55H98O6/c1-4-7-10-13-16-19-22-25-27-30-33-36-39-42-45-48-54(57)60-51-52(50-59-53(56)47-44-41-38-35-32-29-24-21-18-15-12-9-6-3)61-55(58)49-46-43-40-37-34-31-28-26-23-20-17-14-11-8-5-2/h16,19,21,24-25,27,33,36,52H,4-15,17-18,20,22-23,26,28-32,34-35,37-51H2,1-3H3/b19-16-,24-21-,27-25-,36-33-/t52-/m0/s1. The normalized spacial score (nSPS) is 12.4. The molecule has 0 aromatic rings. The van der Waals surface area contributed by atoms with Gasteiger partial charge in [0.25, 0.3) is 0 Å². The molecule has 0 aromatic carbocycles. The lowest BCUT2D eigenvalue weighted by molar-refractivity contribution is -0.167. The van der Waals surface area contributed by atoms with E-state index in [0.717, 1.165) is 77.0 Å². The molecule has 0 saturated heterocycles. The quantitative estimate of drug-likeness (QED) is 0.0263. The van der Waals surface area contributed by atoms with Gasteiger partial charge in [-0.1, -0.05) is 211 Å². The van der Waals surface area contributed by atoms with Gasteiger partial charge in [-0.05, 0) is 83.5 Å². The number of esters is 3. The number of carbonyl (C=O) groups is 3. The van der Waals surface area contributed by atoms with Crippen LogP contribution in [0.1, 0.15) is 265 Å². The number of unbranched alkanes of at least 4 members (excludes halogenated alkanes) is 28. The molecule has 0 N–H and O–H groups in total. The number of carbonyl (C=O) groups excluding carboxylic acids is 3. The minimum atomic E-state index is -0.788. The third-order valence-electron chi connectivity index (χ3n) is 11.3. The highest BCUT2D eigenvalue weighted by Crippen LogP contribution is 2.15. The highest BCUT2D eigenvalue weighted by molar-refractivity contribution is 5.71. The molecule has 0 fully saturated rings. The van der Waals surface area contributed by atoms with Crippen LogP contribution in [0.15, 0.2) is 48.6 Å². The van der Waals surface area contributed by atoms with Crippen molar-refractivity contribution in [2.24, 2.45) is 0 Å². The Bertz CT molecular complexity index is 1070. The van der Waals surface area contributed by atoms with E-state index in [1.165, 1.54) is 148 Å². The van der Waals surface area contributed by atoms with E-state index < -0.39 is 6.10 Å². The minimum Gasteiger partial charge on any atom is -0.462 e. The molecule has 0 bridgehead atoms. The van der Waals surface area contributed by atoms with E-state index in [1.54, 1.807) is 0 Å². The van der Waals surface area contributed by atoms with Crippen LogP contribution < -0.4 is 0 Å². The maximum Gasteiger partial charge on any atom is 0.306 e. The summed E-state index contributed by atoms with van der Waals surface area (Å²) in [6.07, 6.45) is 59.5. The molecule has 0 unspecified atom stereocenters. The van der Waals surface area contributed by atoms with Crippen molar-refractivity contribution in [2.75, 3.05) is 13.2 Å². The van der Waals surface area contributed by atoms with Crippen molar-refractivity contribution < 1.29 is 28.6 Å². The molecule has 0 saturated carbocycles. The van der Waals surface area contributed by atoms with Gasteiger partial charge in [-0.2, -0.15) is 0 Å². The average Bonchev–Trinajstić information content (AvgIpc) is 3.26. The van der Waals surface area contributed by atoms with E-state index in [0.29, 0.717) is 19.3 Å². The average molecular weight is 855 g/mol. The summed E-state index contributed by atoms with van der Waals surface area (Å²) in [6.45, 7) is 6.57. The predicted molar refractivity (Wildman–Crippen MR) is 261 cm³/mol. The first-order valence-corrected chi connectivity index (χ1v) is 26.1. The molecule has 0 aliphatic rings. The number of hydrogen-bond acceptors (Lipinski definition) is 6. The third kappa shape index (κ3) is 48.3. The molecule has 354 valence electrons. The van der Waals surface area contributed by atoms with Crippen LogP contribution in [0.5, 0.6) is 0 Å². The largest absolute Gasteiger partial charge is 0.462 e. The van der Waals surface area contributed by atoms with E-state index in [2.05, 4.69) is 69.4 Å². The van der Waals surface area contributed by atoms with Crippen LogP contribution in [0.2, 0.25) is 0 Å². The molecular formula is C55H98O6. The van der Waals surface area contributed by atoms with Gasteiger partial charge in [-0.15, -0.1) is 0 Å². The maximum atomic E-state index is 12.8. The molecule has 1 atom stereocenters. The van der Waals surface area contributed by atoms with Gasteiger partial charge in [0, 0.05) is 19.3 Å².